The van der Waals surface area contributed by atoms with Gasteiger partial charge in [-0.25, -0.2) is 9.37 Å². The number of aromatic nitrogens is 2. The van der Waals surface area contributed by atoms with Crippen LogP contribution >= 0.6 is 15.9 Å². The molecule has 2 heterocycles. The number of carbonyl (C=O) groups is 2. The van der Waals surface area contributed by atoms with Crippen LogP contribution in [0.2, 0.25) is 0 Å². The molecule has 0 aliphatic rings. The number of hydrogen-bond acceptors (Lipinski definition) is 4. The summed E-state index contributed by atoms with van der Waals surface area (Å²) in [7, 11) is 0. The average molecular weight is 446 g/mol. The molecule has 0 bridgehead atoms. The maximum absolute atomic E-state index is 13.0. The van der Waals surface area contributed by atoms with Crippen molar-refractivity contribution in [1.82, 2.24) is 9.38 Å². The second-order valence-corrected chi connectivity index (χ2v) is 6.75. The second kappa shape index (κ2) is 8.79. The molecule has 28 heavy (non-hydrogen) atoms. The maximum Gasteiger partial charge on any atom is 0.312 e. The van der Waals surface area contributed by atoms with Gasteiger partial charge >= 0.3 is 5.97 Å². The monoisotopic (exact) mass is 445 g/mol. The van der Waals surface area contributed by atoms with Gasteiger partial charge in [-0.1, -0.05) is 12.1 Å². The van der Waals surface area contributed by atoms with E-state index in [1.54, 1.807) is 41.8 Å². The number of imidazole rings is 1. The van der Waals surface area contributed by atoms with E-state index >= 15 is 0 Å². The molecule has 0 aliphatic carbocycles. The first-order valence-electron chi connectivity index (χ1n) is 8.53. The third-order valence-corrected chi connectivity index (χ3v) is 4.28. The minimum Gasteiger partial charge on any atom is -0.466 e. The SMILES string of the molecule is CCOC(=O)Cc1nc2ccc(Br)cn2c1NC(=O)/C=C/c1ccc(F)cc1. The van der Waals surface area contributed by atoms with Gasteiger partial charge in [-0.05, 0) is 58.8 Å². The fourth-order valence-electron chi connectivity index (χ4n) is 2.58. The average Bonchev–Trinajstić information content (AvgIpc) is 2.98. The number of fused-ring (bicyclic) bond motifs is 1. The van der Waals surface area contributed by atoms with Crippen LogP contribution in [0.15, 0.2) is 53.1 Å². The Hall–Kier alpha value is -3.00. The molecular formula is C20H17BrFN3O3. The molecule has 2 aromatic heterocycles. The molecule has 8 heteroatoms. The molecule has 0 saturated carbocycles. The number of carbonyl (C=O) groups excluding carboxylic acids is 2. The number of nitrogens with zero attached hydrogens (tertiary/aromatic N) is 2. The molecule has 0 atom stereocenters. The highest BCUT2D eigenvalue weighted by Gasteiger charge is 2.17. The number of nitrogens with one attached hydrogen (secondary N) is 1. The Morgan fingerprint density at radius 2 is 2.00 bits per heavy atom. The molecule has 0 saturated heterocycles. The Morgan fingerprint density at radius 3 is 2.71 bits per heavy atom. The van der Waals surface area contributed by atoms with Crippen molar-refractivity contribution in [2.24, 2.45) is 0 Å². The first-order valence-corrected chi connectivity index (χ1v) is 9.32. The van der Waals surface area contributed by atoms with Gasteiger partial charge in [0.25, 0.3) is 0 Å². The molecule has 1 N–H and O–H groups in total. The Balaban J connectivity index is 1.87. The number of benzene rings is 1. The summed E-state index contributed by atoms with van der Waals surface area (Å²) in [4.78, 5) is 28.7. The van der Waals surface area contributed by atoms with Crippen molar-refractivity contribution >= 4 is 45.3 Å². The molecular weight excluding hydrogens is 429 g/mol. The van der Waals surface area contributed by atoms with Gasteiger partial charge in [0.1, 0.15) is 17.3 Å². The topological polar surface area (TPSA) is 72.7 Å². The molecule has 0 radical (unpaired) electrons. The van der Waals surface area contributed by atoms with Crippen molar-refractivity contribution in [1.29, 1.82) is 0 Å². The van der Waals surface area contributed by atoms with Crippen LogP contribution in [0.3, 0.4) is 0 Å². The number of hydrogen-bond donors (Lipinski definition) is 1. The Bertz CT molecular complexity index is 1040. The summed E-state index contributed by atoms with van der Waals surface area (Å²) in [6.07, 6.45) is 4.58. The normalized spacial score (nSPS) is 11.1. The fourth-order valence-corrected chi connectivity index (χ4v) is 2.91. The molecule has 0 spiro atoms. The predicted molar refractivity (Wildman–Crippen MR) is 107 cm³/mol. The van der Waals surface area contributed by atoms with Crippen molar-refractivity contribution in [2.75, 3.05) is 11.9 Å². The molecule has 0 fully saturated rings. The third-order valence-electron chi connectivity index (χ3n) is 3.81. The number of anilines is 1. The molecule has 144 valence electrons. The van der Waals surface area contributed by atoms with E-state index in [0.29, 0.717) is 22.7 Å². The van der Waals surface area contributed by atoms with Gasteiger partial charge in [0, 0.05) is 16.7 Å². The van der Waals surface area contributed by atoms with Crippen LogP contribution in [0.5, 0.6) is 0 Å². The Labute approximate surface area is 169 Å². The van der Waals surface area contributed by atoms with E-state index < -0.39 is 11.9 Å². The maximum atomic E-state index is 13.0. The van der Waals surface area contributed by atoms with Crippen molar-refractivity contribution in [3.05, 3.63) is 70.2 Å². The largest absolute Gasteiger partial charge is 0.466 e. The molecule has 6 nitrogen and oxygen atoms in total. The number of rotatable bonds is 6. The molecule has 1 amide bonds. The highest BCUT2D eigenvalue weighted by Crippen LogP contribution is 2.22. The Morgan fingerprint density at radius 1 is 1.25 bits per heavy atom. The van der Waals surface area contributed by atoms with Gasteiger partial charge < -0.3 is 10.1 Å². The standard InChI is InChI=1S/C20H17BrFN3O3/c1-2-28-19(27)11-16-20(25-12-14(21)6-9-17(25)23-16)24-18(26)10-5-13-3-7-15(22)8-4-13/h3-10,12H,2,11H2,1H3,(H,24,26)/b10-5+. The minimum atomic E-state index is -0.428. The lowest BCUT2D eigenvalue weighted by Crippen LogP contribution is -2.14. The van der Waals surface area contributed by atoms with Gasteiger partial charge in [-0.15, -0.1) is 0 Å². The predicted octanol–water partition coefficient (Wildman–Crippen LogP) is 3.99. The second-order valence-electron chi connectivity index (χ2n) is 5.84. The fraction of sp³-hybridized carbons (Fsp3) is 0.150. The van der Waals surface area contributed by atoms with E-state index in [9.17, 15) is 14.0 Å². The van der Waals surface area contributed by atoms with Gasteiger partial charge in [0.05, 0.1) is 18.7 Å². The summed E-state index contributed by atoms with van der Waals surface area (Å²) in [6.45, 7) is 1.99. The summed E-state index contributed by atoms with van der Waals surface area (Å²) in [5.74, 6) is -0.793. The van der Waals surface area contributed by atoms with Crippen LogP contribution in [-0.4, -0.2) is 27.9 Å². The summed E-state index contributed by atoms with van der Waals surface area (Å²) >= 11 is 3.39. The minimum absolute atomic E-state index is 0.0651. The zero-order valence-corrected chi connectivity index (χ0v) is 16.6. The van der Waals surface area contributed by atoms with E-state index in [-0.39, 0.29) is 18.8 Å². The number of pyridine rings is 1. The zero-order valence-electron chi connectivity index (χ0n) is 15.0. The smallest absolute Gasteiger partial charge is 0.312 e. The number of halogens is 2. The van der Waals surface area contributed by atoms with E-state index in [1.807, 2.05) is 6.07 Å². The van der Waals surface area contributed by atoms with Gasteiger partial charge in [-0.3, -0.25) is 14.0 Å². The highest BCUT2D eigenvalue weighted by molar-refractivity contribution is 9.10. The van der Waals surface area contributed by atoms with E-state index in [2.05, 4.69) is 26.2 Å². The first kappa shape index (κ1) is 19.8. The molecule has 3 rings (SSSR count). The van der Waals surface area contributed by atoms with Crippen molar-refractivity contribution in [2.45, 2.75) is 13.3 Å². The van der Waals surface area contributed by atoms with Gasteiger partial charge in [0.15, 0.2) is 0 Å². The lowest BCUT2D eigenvalue weighted by Gasteiger charge is -2.06. The Kier molecular flexibility index (Phi) is 6.20. The van der Waals surface area contributed by atoms with Crippen LogP contribution in [0, 0.1) is 5.82 Å². The third kappa shape index (κ3) is 4.83. The lowest BCUT2D eigenvalue weighted by atomic mass is 10.2. The van der Waals surface area contributed by atoms with Gasteiger partial charge in [0.2, 0.25) is 5.91 Å². The van der Waals surface area contributed by atoms with E-state index in [1.165, 1.54) is 18.2 Å². The summed E-state index contributed by atoms with van der Waals surface area (Å²) in [6, 6.07) is 9.35. The van der Waals surface area contributed by atoms with Crippen LogP contribution in [0.25, 0.3) is 11.7 Å². The van der Waals surface area contributed by atoms with Gasteiger partial charge in [-0.2, -0.15) is 0 Å². The van der Waals surface area contributed by atoms with Crippen LogP contribution in [-0.2, 0) is 20.7 Å². The molecule has 1 aromatic carbocycles. The molecule has 0 unspecified atom stereocenters. The summed E-state index contributed by atoms with van der Waals surface area (Å²) in [5.41, 5.74) is 1.67. The van der Waals surface area contributed by atoms with Crippen LogP contribution < -0.4 is 5.32 Å². The highest BCUT2D eigenvalue weighted by atomic mass is 79.9. The molecule has 3 aromatic rings. The summed E-state index contributed by atoms with van der Waals surface area (Å²) in [5, 5.41) is 2.76. The number of esters is 1. The van der Waals surface area contributed by atoms with E-state index in [0.717, 1.165) is 4.47 Å². The number of ether oxygens (including phenoxy) is 1. The van der Waals surface area contributed by atoms with Crippen LogP contribution in [0.1, 0.15) is 18.2 Å². The quantitative estimate of drug-likeness (QED) is 0.459. The van der Waals surface area contributed by atoms with E-state index in [4.69, 9.17) is 4.74 Å². The number of amides is 1. The van der Waals surface area contributed by atoms with Crippen molar-refractivity contribution in [3.63, 3.8) is 0 Å². The zero-order chi connectivity index (χ0) is 20.1. The first-order chi connectivity index (χ1) is 13.5. The molecule has 0 aliphatic heterocycles. The lowest BCUT2D eigenvalue weighted by molar-refractivity contribution is -0.142. The van der Waals surface area contributed by atoms with Crippen molar-refractivity contribution in [3.8, 4) is 0 Å². The van der Waals surface area contributed by atoms with Crippen molar-refractivity contribution < 1.29 is 18.7 Å². The summed E-state index contributed by atoms with van der Waals surface area (Å²) < 4.78 is 20.4. The van der Waals surface area contributed by atoms with Crippen LogP contribution in [0.4, 0.5) is 10.2 Å².